The van der Waals surface area contributed by atoms with Gasteiger partial charge in [0.25, 0.3) is 5.91 Å². The first-order valence-corrected chi connectivity index (χ1v) is 8.45. The van der Waals surface area contributed by atoms with Gasteiger partial charge in [0.05, 0.1) is 21.3 Å². The molecule has 1 aromatic rings. The highest BCUT2D eigenvalue weighted by atomic mass is 16.5. The first kappa shape index (κ1) is 18.4. The van der Waals surface area contributed by atoms with Crippen LogP contribution in [0.1, 0.15) is 42.5 Å². The molecule has 1 aromatic carbocycles. The first-order chi connectivity index (χ1) is 11.6. The smallest absolute Gasteiger partial charge is 0.251 e. The van der Waals surface area contributed by atoms with Crippen LogP contribution in [-0.4, -0.2) is 39.8 Å². The molecule has 0 spiro atoms. The summed E-state index contributed by atoms with van der Waals surface area (Å²) in [5.74, 6) is 1.68. The number of carbonyl (C=O) groups is 1. The minimum absolute atomic E-state index is 0.00288. The molecule has 1 fully saturated rings. The molecule has 1 aliphatic carbocycles. The molecular formula is C18H28N2O4. The van der Waals surface area contributed by atoms with Crippen LogP contribution in [0.5, 0.6) is 17.2 Å². The summed E-state index contributed by atoms with van der Waals surface area (Å²) < 4.78 is 15.9. The fourth-order valence-corrected chi connectivity index (χ4v) is 3.37. The van der Waals surface area contributed by atoms with Crippen molar-refractivity contribution in [3.8, 4) is 17.2 Å². The summed E-state index contributed by atoms with van der Waals surface area (Å²) in [4.78, 5) is 12.7. The number of hydrogen-bond acceptors (Lipinski definition) is 5. The molecule has 0 bridgehead atoms. The molecule has 2 rings (SSSR count). The van der Waals surface area contributed by atoms with Gasteiger partial charge in [-0.3, -0.25) is 4.79 Å². The molecule has 134 valence electrons. The molecule has 1 aliphatic rings. The van der Waals surface area contributed by atoms with Gasteiger partial charge in [-0.1, -0.05) is 19.3 Å². The third-order valence-electron chi connectivity index (χ3n) is 4.72. The average molecular weight is 336 g/mol. The number of carbonyl (C=O) groups excluding carboxylic acids is 1. The van der Waals surface area contributed by atoms with Crippen LogP contribution in [0.15, 0.2) is 12.1 Å². The standard InChI is InChI=1S/C18H28N2O4/c1-22-15-9-13(10-16(23-2)17(15)24-3)18(21)20-14(11-19)12-7-5-4-6-8-12/h9-10,12,14H,4-8,11,19H2,1-3H3,(H,20,21). The van der Waals surface area contributed by atoms with E-state index in [1.54, 1.807) is 12.1 Å². The third kappa shape index (κ3) is 4.12. The summed E-state index contributed by atoms with van der Waals surface area (Å²) in [6.07, 6.45) is 5.94. The van der Waals surface area contributed by atoms with Gasteiger partial charge in [-0.15, -0.1) is 0 Å². The monoisotopic (exact) mass is 336 g/mol. The molecule has 1 amide bonds. The van der Waals surface area contributed by atoms with E-state index < -0.39 is 0 Å². The van der Waals surface area contributed by atoms with Gasteiger partial charge in [-0.25, -0.2) is 0 Å². The van der Waals surface area contributed by atoms with E-state index in [0.29, 0.717) is 35.3 Å². The van der Waals surface area contributed by atoms with Crippen molar-refractivity contribution in [2.24, 2.45) is 11.7 Å². The molecule has 24 heavy (non-hydrogen) atoms. The highest BCUT2D eigenvalue weighted by Gasteiger charge is 2.25. The third-order valence-corrected chi connectivity index (χ3v) is 4.72. The number of rotatable bonds is 7. The van der Waals surface area contributed by atoms with E-state index in [4.69, 9.17) is 19.9 Å². The van der Waals surface area contributed by atoms with Gasteiger partial charge < -0.3 is 25.3 Å². The molecule has 0 heterocycles. The molecule has 3 N–H and O–H groups in total. The molecule has 1 atom stereocenters. The van der Waals surface area contributed by atoms with E-state index in [1.165, 1.54) is 40.6 Å². The molecule has 6 nitrogen and oxygen atoms in total. The Bertz CT molecular complexity index is 531. The lowest BCUT2D eigenvalue weighted by atomic mass is 9.84. The number of nitrogens with two attached hydrogens (primary N) is 1. The van der Waals surface area contributed by atoms with Crippen molar-refractivity contribution in [3.05, 3.63) is 17.7 Å². The second-order valence-electron chi connectivity index (χ2n) is 6.13. The number of ether oxygens (including phenoxy) is 3. The van der Waals surface area contributed by atoms with Crippen molar-refractivity contribution in [2.45, 2.75) is 38.1 Å². The van der Waals surface area contributed by atoms with Crippen molar-refractivity contribution >= 4 is 5.91 Å². The van der Waals surface area contributed by atoms with Crippen LogP contribution in [0.25, 0.3) is 0 Å². The molecule has 0 saturated heterocycles. The van der Waals surface area contributed by atoms with E-state index in [1.807, 2.05) is 0 Å². The van der Waals surface area contributed by atoms with Gasteiger partial charge in [0, 0.05) is 18.2 Å². The van der Waals surface area contributed by atoms with Crippen molar-refractivity contribution < 1.29 is 19.0 Å². The minimum Gasteiger partial charge on any atom is -0.493 e. The van der Waals surface area contributed by atoms with E-state index in [-0.39, 0.29) is 11.9 Å². The summed E-state index contributed by atoms with van der Waals surface area (Å²) in [5.41, 5.74) is 6.37. The average Bonchev–Trinajstić information content (AvgIpc) is 2.65. The zero-order valence-corrected chi connectivity index (χ0v) is 14.8. The SMILES string of the molecule is COc1cc(C(=O)NC(CN)C2CCCCC2)cc(OC)c1OC. The molecule has 0 aliphatic heterocycles. The van der Waals surface area contributed by atoms with Gasteiger partial charge in [0.2, 0.25) is 5.75 Å². The van der Waals surface area contributed by atoms with Crippen molar-refractivity contribution in [2.75, 3.05) is 27.9 Å². The predicted molar refractivity (Wildman–Crippen MR) is 93.0 cm³/mol. The maximum atomic E-state index is 12.7. The topological polar surface area (TPSA) is 82.8 Å². The Morgan fingerprint density at radius 2 is 1.71 bits per heavy atom. The van der Waals surface area contributed by atoms with Gasteiger partial charge in [0.15, 0.2) is 11.5 Å². The Balaban J connectivity index is 2.18. The Morgan fingerprint density at radius 3 is 2.17 bits per heavy atom. The van der Waals surface area contributed by atoms with Crippen LogP contribution in [0.2, 0.25) is 0 Å². The fraction of sp³-hybridized carbons (Fsp3) is 0.611. The van der Waals surface area contributed by atoms with Crippen molar-refractivity contribution in [1.29, 1.82) is 0 Å². The van der Waals surface area contributed by atoms with Crippen LogP contribution >= 0.6 is 0 Å². The second kappa shape index (κ2) is 8.78. The molecule has 1 unspecified atom stereocenters. The number of hydrogen-bond donors (Lipinski definition) is 2. The van der Waals surface area contributed by atoms with Gasteiger partial charge in [0.1, 0.15) is 0 Å². The lowest BCUT2D eigenvalue weighted by molar-refractivity contribution is 0.0914. The number of benzene rings is 1. The number of amides is 1. The van der Waals surface area contributed by atoms with E-state index >= 15 is 0 Å². The lowest BCUT2D eigenvalue weighted by Crippen LogP contribution is -2.45. The first-order valence-electron chi connectivity index (χ1n) is 8.45. The maximum absolute atomic E-state index is 12.7. The fourth-order valence-electron chi connectivity index (χ4n) is 3.37. The number of methoxy groups -OCH3 is 3. The largest absolute Gasteiger partial charge is 0.493 e. The Labute approximate surface area is 143 Å². The highest BCUT2D eigenvalue weighted by Crippen LogP contribution is 2.38. The predicted octanol–water partition coefficient (Wildman–Crippen LogP) is 2.35. The summed E-state index contributed by atoms with van der Waals surface area (Å²) in [7, 11) is 4.60. The highest BCUT2D eigenvalue weighted by molar-refractivity contribution is 5.95. The van der Waals surface area contributed by atoms with Crippen molar-refractivity contribution in [3.63, 3.8) is 0 Å². The van der Waals surface area contributed by atoms with Crippen LogP contribution < -0.4 is 25.3 Å². The van der Waals surface area contributed by atoms with Crippen molar-refractivity contribution in [1.82, 2.24) is 5.32 Å². The zero-order valence-electron chi connectivity index (χ0n) is 14.8. The summed E-state index contributed by atoms with van der Waals surface area (Å²) in [5, 5.41) is 3.08. The van der Waals surface area contributed by atoms with E-state index in [0.717, 1.165) is 12.8 Å². The maximum Gasteiger partial charge on any atom is 0.251 e. The summed E-state index contributed by atoms with van der Waals surface area (Å²) in [6.45, 7) is 0.445. The minimum atomic E-state index is -0.171. The Hall–Kier alpha value is -1.95. The molecule has 0 radical (unpaired) electrons. The van der Waals surface area contributed by atoms with Gasteiger partial charge >= 0.3 is 0 Å². The summed E-state index contributed by atoms with van der Waals surface area (Å²) in [6, 6.07) is 3.31. The van der Waals surface area contributed by atoms with Crippen LogP contribution in [0.4, 0.5) is 0 Å². The Kier molecular flexibility index (Phi) is 6.73. The van der Waals surface area contributed by atoms with E-state index in [2.05, 4.69) is 5.32 Å². The molecular weight excluding hydrogens is 308 g/mol. The quantitative estimate of drug-likeness (QED) is 0.798. The van der Waals surface area contributed by atoms with E-state index in [9.17, 15) is 4.79 Å². The second-order valence-corrected chi connectivity index (χ2v) is 6.13. The number of nitrogens with one attached hydrogen (secondary N) is 1. The lowest BCUT2D eigenvalue weighted by Gasteiger charge is -2.30. The zero-order chi connectivity index (χ0) is 17.5. The Morgan fingerprint density at radius 1 is 1.12 bits per heavy atom. The summed E-state index contributed by atoms with van der Waals surface area (Å²) >= 11 is 0. The van der Waals surface area contributed by atoms with Crippen LogP contribution in [0, 0.1) is 5.92 Å². The van der Waals surface area contributed by atoms with Crippen LogP contribution in [-0.2, 0) is 0 Å². The molecule has 0 aromatic heterocycles. The van der Waals surface area contributed by atoms with Crippen LogP contribution in [0.3, 0.4) is 0 Å². The molecule has 6 heteroatoms. The van der Waals surface area contributed by atoms with Gasteiger partial charge in [-0.2, -0.15) is 0 Å². The molecule has 1 saturated carbocycles. The normalized spacial score (nSPS) is 16.3. The van der Waals surface area contributed by atoms with Gasteiger partial charge in [-0.05, 0) is 30.9 Å².